The molecule has 0 radical (unpaired) electrons. The number of benzene rings is 1. The number of likely N-dealkylation sites (tertiary alicyclic amines) is 1. The van der Waals surface area contributed by atoms with Crippen LogP contribution in [0.2, 0.25) is 0 Å². The number of nitrogens with zero attached hydrogens (tertiary/aromatic N) is 3. The second-order valence-electron chi connectivity index (χ2n) is 7.01. The normalized spacial score (nSPS) is 21.5. The zero-order valence-corrected chi connectivity index (χ0v) is 14.9. The molecule has 0 amide bonds. The van der Waals surface area contributed by atoms with Gasteiger partial charge in [-0.15, -0.1) is 0 Å². The van der Waals surface area contributed by atoms with E-state index in [9.17, 15) is 0 Å². The van der Waals surface area contributed by atoms with Crippen LogP contribution in [-0.2, 0) is 6.54 Å². The highest BCUT2D eigenvalue weighted by molar-refractivity contribution is 5.86. The zero-order chi connectivity index (χ0) is 17.2. The highest BCUT2D eigenvalue weighted by Gasteiger charge is 2.30. The largest absolute Gasteiger partial charge is 0.372 e. The van der Waals surface area contributed by atoms with Crippen molar-refractivity contribution in [1.82, 2.24) is 19.9 Å². The van der Waals surface area contributed by atoms with Crippen molar-refractivity contribution < 1.29 is 0 Å². The minimum absolute atomic E-state index is 0.359. The Labute approximate surface area is 148 Å². The number of piperidine rings is 1. The summed E-state index contributed by atoms with van der Waals surface area (Å²) in [6.45, 7) is 5.46. The standard InChI is InChI=1S/C20H25N5/c1-14-9-11-25(12-15-6-4-3-5-7-15)13-17(14)20-23-18(21-2)16-8-10-22-19(16)24-20/h3-8,10,14,17H,9,11-13H2,1-2H3,(H2,21,22,23,24)/t14-,17+/m1/s1. The molecule has 4 rings (SSSR count). The lowest BCUT2D eigenvalue weighted by atomic mass is 9.86. The van der Waals surface area contributed by atoms with E-state index in [0.29, 0.717) is 11.8 Å². The highest BCUT2D eigenvalue weighted by Crippen LogP contribution is 2.32. The number of fused-ring (bicyclic) bond motifs is 1. The number of hydrogen-bond acceptors (Lipinski definition) is 4. The van der Waals surface area contributed by atoms with E-state index in [1.165, 1.54) is 12.0 Å². The molecule has 0 bridgehead atoms. The van der Waals surface area contributed by atoms with E-state index in [4.69, 9.17) is 9.97 Å². The average Bonchev–Trinajstić information content (AvgIpc) is 3.12. The van der Waals surface area contributed by atoms with Crippen molar-refractivity contribution >= 4 is 16.9 Å². The van der Waals surface area contributed by atoms with Gasteiger partial charge in [0.2, 0.25) is 0 Å². The lowest BCUT2D eigenvalue weighted by Crippen LogP contribution is -2.38. The molecule has 130 valence electrons. The van der Waals surface area contributed by atoms with Crippen LogP contribution in [0.4, 0.5) is 5.82 Å². The van der Waals surface area contributed by atoms with E-state index in [-0.39, 0.29) is 0 Å². The molecule has 2 atom stereocenters. The molecule has 1 saturated heterocycles. The second kappa shape index (κ2) is 6.84. The van der Waals surface area contributed by atoms with E-state index in [0.717, 1.165) is 42.3 Å². The van der Waals surface area contributed by atoms with Gasteiger partial charge >= 0.3 is 0 Å². The van der Waals surface area contributed by atoms with Crippen molar-refractivity contribution in [1.29, 1.82) is 0 Å². The number of rotatable bonds is 4. The van der Waals surface area contributed by atoms with Gasteiger partial charge < -0.3 is 10.3 Å². The monoisotopic (exact) mass is 335 g/mol. The number of nitrogens with one attached hydrogen (secondary N) is 2. The van der Waals surface area contributed by atoms with Crippen LogP contribution in [0.25, 0.3) is 11.0 Å². The van der Waals surface area contributed by atoms with Gasteiger partial charge in [0, 0.05) is 32.3 Å². The minimum atomic E-state index is 0.359. The molecule has 0 spiro atoms. The summed E-state index contributed by atoms with van der Waals surface area (Å²) >= 11 is 0. The molecule has 1 aliphatic rings. The van der Waals surface area contributed by atoms with Gasteiger partial charge in [-0.1, -0.05) is 37.3 Å². The lowest BCUT2D eigenvalue weighted by Gasteiger charge is -2.36. The SMILES string of the molecule is CNc1nc([C@H]2CN(Cc3ccccc3)CC[C@H]2C)nc2[nH]ccc12. The predicted molar refractivity (Wildman–Crippen MR) is 102 cm³/mol. The van der Waals surface area contributed by atoms with Crippen molar-refractivity contribution in [3.8, 4) is 0 Å². The number of aromatic nitrogens is 3. The van der Waals surface area contributed by atoms with Gasteiger partial charge in [-0.2, -0.15) is 0 Å². The molecular formula is C20H25N5. The molecular weight excluding hydrogens is 310 g/mol. The maximum Gasteiger partial charge on any atom is 0.143 e. The number of H-pyrrole nitrogens is 1. The second-order valence-corrected chi connectivity index (χ2v) is 7.01. The summed E-state index contributed by atoms with van der Waals surface area (Å²) in [7, 11) is 1.92. The molecule has 0 unspecified atom stereocenters. The average molecular weight is 335 g/mol. The number of aromatic amines is 1. The Morgan fingerprint density at radius 1 is 1.20 bits per heavy atom. The van der Waals surface area contributed by atoms with Crippen molar-refractivity contribution in [2.24, 2.45) is 5.92 Å². The Morgan fingerprint density at radius 2 is 2.04 bits per heavy atom. The summed E-state index contributed by atoms with van der Waals surface area (Å²) in [4.78, 5) is 15.4. The molecule has 3 aromatic rings. The quantitative estimate of drug-likeness (QED) is 0.764. The van der Waals surface area contributed by atoms with Gasteiger partial charge in [0.05, 0.1) is 5.39 Å². The third kappa shape index (κ3) is 3.24. The fourth-order valence-corrected chi connectivity index (χ4v) is 3.77. The van der Waals surface area contributed by atoms with Gasteiger partial charge in [-0.3, -0.25) is 4.90 Å². The van der Waals surface area contributed by atoms with Crippen molar-refractivity contribution in [3.05, 3.63) is 54.0 Å². The summed E-state index contributed by atoms with van der Waals surface area (Å²) < 4.78 is 0. The maximum absolute atomic E-state index is 4.84. The van der Waals surface area contributed by atoms with Crippen LogP contribution in [0, 0.1) is 5.92 Å². The molecule has 1 aliphatic heterocycles. The number of hydrogen-bond donors (Lipinski definition) is 2. The molecule has 0 saturated carbocycles. The third-order valence-electron chi connectivity index (χ3n) is 5.29. The molecule has 1 aromatic carbocycles. The van der Waals surface area contributed by atoms with Crippen LogP contribution < -0.4 is 5.32 Å². The molecule has 0 aliphatic carbocycles. The van der Waals surface area contributed by atoms with Crippen molar-refractivity contribution in [3.63, 3.8) is 0 Å². The van der Waals surface area contributed by atoms with E-state index >= 15 is 0 Å². The third-order valence-corrected chi connectivity index (χ3v) is 5.29. The van der Waals surface area contributed by atoms with Gasteiger partial charge in [0.15, 0.2) is 0 Å². The fourth-order valence-electron chi connectivity index (χ4n) is 3.77. The Hall–Kier alpha value is -2.40. The topological polar surface area (TPSA) is 56.8 Å². The van der Waals surface area contributed by atoms with Crippen LogP contribution in [0.3, 0.4) is 0 Å². The molecule has 1 fully saturated rings. The van der Waals surface area contributed by atoms with Crippen LogP contribution in [-0.4, -0.2) is 40.0 Å². The Kier molecular flexibility index (Phi) is 4.40. The van der Waals surface area contributed by atoms with Gasteiger partial charge in [-0.25, -0.2) is 9.97 Å². The molecule has 5 heteroatoms. The molecule has 5 nitrogen and oxygen atoms in total. The van der Waals surface area contributed by atoms with E-state index in [1.54, 1.807) is 0 Å². The van der Waals surface area contributed by atoms with Gasteiger partial charge in [0.1, 0.15) is 17.3 Å². The van der Waals surface area contributed by atoms with Crippen LogP contribution in [0.1, 0.15) is 30.7 Å². The Morgan fingerprint density at radius 3 is 2.84 bits per heavy atom. The summed E-state index contributed by atoms with van der Waals surface area (Å²) in [6, 6.07) is 12.7. The van der Waals surface area contributed by atoms with Crippen LogP contribution in [0.15, 0.2) is 42.6 Å². The Balaban J connectivity index is 1.59. The van der Waals surface area contributed by atoms with Gasteiger partial charge in [0.25, 0.3) is 0 Å². The lowest BCUT2D eigenvalue weighted by molar-refractivity contribution is 0.156. The van der Waals surface area contributed by atoms with E-state index < -0.39 is 0 Å². The first-order chi connectivity index (χ1) is 12.2. The summed E-state index contributed by atoms with van der Waals surface area (Å²) in [5, 5.41) is 4.27. The smallest absolute Gasteiger partial charge is 0.143 e. The number of anilines is 1. The van der Waals surface area contributed by atoms with E-state index in [1.807, 2.05) is 19.3 Å². The maximum atomic E-state index is 4.84. The van der Waals surface area contributed by atoms with Gasteiger partial charge in [-0.05, 0) is 30.5 Å². The first kappa shape index (κ1) is 16.1. The van der Waals surface area contributed by atoms with E-state index in [2.05, 4.69) is 52.5 Å². The molecule has 2 N–H and O–H groups in total. The summed E-state index contributed by atoms with van der Waals surface area (Å²) in [5.74, 6) is 2.81. The molecule has 3 heterocycles. The Bertz CT molecular complexity index is 842. The minimum Gasteiger partial charge on any atom is -0.372 e. The predicted octanol–water partition coefficient (Wildman–Crippen LogP) is 3.63. The molecule has 25 heavy (non-hydrogen) atoms. The van der Waals surface area contributed by atoms with Crippen LogP contribution >= 0.6 is 0 Å². The van der Waals surface area contributed by atoms with Crippen LogP contribution in [0.5, 0.6) is 0 Å². The van der Waals surface area contributed by atoms with Crippen molar-refractivity contribution in [2.45, 2.75) is 25.8 Å². The zero-order valence-electron chi connectivity index (χ0n) is 14.9. The molecule has 2 aromatic heterocycles. The summed E-state index contributed by atoms with van der Waals surface area (Å²) in [6.07, 6.45) is 3.11. The fraction of sp³-hybridized carbons (Fsp3) is 0.400. The highest BCUT2D eigenvalue weighted by atomic mass is 15.1. The first-order valence-electron chi connectivity index (χ1n) is 9.03. The summed E-state index contributed by atoms with van der Waals surface area (Å²) in [5.41, 5.74) is 2.29. The first-order valence-corrected chi connectivity index (χ1v) is 9.03. The van der Waals surface area contributed by atoms with Crippen molar-refractivity contribution in [2.75, 3.05) is 25.5 Å².